The fourth-order valence-electron chi connectivity index (χ4n) is 1.07. The summed E-state index contributed by atoms with van der Waals surface area (Å²) in [6, 6.07) is -0.834. The quantitative estimate of drug-likeness (QED) is 0.413. The van der Waals surface area contributed by atoms with Gasteiger partial charge in [-0.2, -0.15) is 10.1 Å². The lowest BCUT2D eigenvalue weighted by atomic mass is 10.1. The maximum absolute atomic E-state index is 11.2. The first kappa shape index (κ1) is 9.96. The van der Waals surface area contributed by atoms with E-state index in [0.717, 1.165) is 6.21 Å². The van der Waals surface area contributed by atoms with Gasteiger partial charge in [-0.05, 0) is 0 Å². The maximum atomic E-state index is 11.2. The summed E-state index contributed by atoms with van der Waals surface area (Å²) in [6.45, 7) is 0. The van der Waals surface area contributed by atoms with E-state index in [9.17, 15) is 14.4 Å². The molecule has 1 aliphatic heterocycles. The number of aliphatic imine (C=N–C) groups is 1. The number of carbonyl (C=O) groups excluding carboxylic acids is 3. The zero-order valence-corrected chi connectivity index (χ0v) is 7.80. The lowest BCUT2D eigenvalue weighted by Crippen LogP contribution is -2.56. The zero-order valence-electron chi connectivity index (χ0n) is 7.80. The van der Waals surface area contributed by atoms with Crippen molar-refractivity contribution in [1.82, 2.24) is 25.8 Å². The summed E-state index contributed by atoms with van der Waals surface area (Å²) in [5.41, 5.74) is 0. The molecule has 2 rings (SSSR count). The fraction of sp³-hybridized carbons (Fsp3) is 0.143. The summed E-state index contributed by atoms with van der Waals surface area (Å²) >= 11 is 0. The van der Waals surface area contributed by atoms with Gasteiger partial charge in [0.2, 0.25) is 17.8 Å². The number of aromatic nitrogens is 3. The summed E-state index contributed by atoms with van der Waals surface area (Å²) in [5, 5.41) is 9.84. The number of aromatic amines is 1. The molecular formula is C7H6N6O3. The third kappa shape index (κ3) is 1.92. The van der Waals surface area contributed by atoms with E-state index in [1.54, 1.807) is 0 Å². The van der Waals surface area contributed by atoms with Crippen LogP contribution >= 0.6 is 0 Å². The van der Waals surface area contributed by atoms with E-state index in [1.807, 2.05) is 10.6 Å². The Labute approximate surface area is 88.3 Å². The van der Waals surface area contributed by atoms with Crippen molar-refractivity contribution in [1.29, 1.82) is 0 Å². The Hall–Kier alpha value is -2.58. The first-order valence-electron chi connectivity index (χ1n) is 4.22. The number of H-pyrrole nitrogens is 1. The molecule has 0 unspecified atom stereocenters. The third-order valence-electron chi connectivity index (χ3n) is 1.79. The molecule has 82 valence electrons. The predicted molar refractivity (Wildman–Crippen MR) is 49.7 cm³/mol. The molecule has 1 fully saturated rings. The summed E-state index contributed by atoms with van der Waals surface area (Å²) in [7, 11) is 0. The molecule has 4 amide bonds. The number of rotatable bonds is 2. The van der Waals surface area contributed by atoms with Crippen LogP contribution in [0.5, 0.6) is 0 Å². The van der Waals surface area contributed by atoms with Gasteiger partial charge in [0.1, 0.15) is 6.33 Å². The van der Waals surface area contributed by atoms with E-state index in [2.05, 4.69) is 20.2 Å². The summed E-state index contributed by atoms with van der Waals surface area (Å²) in [6.07, 6.45) is 2.31. The van der Waals surface area contributed by atoms with Crippen molar-refractivity contribution in [3.05, 3.63) is 6.33 Å². The fourth-order valence-corrected chi connectivity index (χ4v) is 1.07. The van der Waals surface area contributed by atoms with E-state index in [4.69, 9.17) is 0 Å². The molecule has 0 aliphatic carbocycles. The van der Waals surface area contributed by atoms with Crippen LogP contribution in [0.4, 0.5) is 10.7 Å². The average molecular weight is 222 g/mol. The van der Waals surface area contributed by atoms with Crippen molar-refractivity contribution in [3.63, 3.8) is 0 Å². The molecule has 9 heteroatoms. The monoisotopic (exact) mass is 222 g/mol. The molecule has 0 saturated carbocycles. The van der Waals surface area contributed by atoms with Crippen molar-refractivity contribution in [2.75, 3.05) is 0 Å². The molecule has 9 nitrogen and oxygen atoms in total. The molecule has 2 heterocycles. The topological polar surface area (TPSA) is 129 Å². The van der Waals surface area contributed by atoms with Gasteiger partial charge in [-0.25, -0.2) is 14.9 Å². The van der Waals surface area contributed by atoms with E-state index in [-0.39, 0.29) is 5.95 Å². The van der Waals surface area contributed by atoms with Crippen molar-refractivity contribution < 1.29 is 14.4 Å². The Morgan fingerprint density at radius 2 is 1.94 bits per heavy atom. The number of barbiturate groups is 1. The Morgan fingerprint density at radius 1 is 1.25 bits per heavy atom. The molecule has 16 heavy (non-hydrogen) atoms. The van der Waals surface area contributed by atoms with Gasteiger partial charge in [0.15, 0.2) is 5.92 Å². The summed E-state index contributed by atoms with van der Waals surface area (Å²) < 4.78 is 0. The molecular weight excluding hydrogens is 216 g/mol. The standard InChI is InChI=1S/C7H6N6O3/c14-4-3(5(15)12-7(16)11-4)1-8-6-9-2-10-13-6/h1-3H,(H,9,10,13)(H2,11,12,14,15,16). The highest BCUT2D eigenvalue weighted by molar-refractivity contribution is 6.23. The highest BCUT2D eigenvalue weighted by Gasteiger charge is 2.32. The SMILES string of the molecule is O=C1NC(=O)C(C=Nc2ncn[nH]2)C(=O)N1. The summed E-state index contributed by atoms with van der Waals surface area (Å²) in [4.78, 5) is 40.6. The number of imide groups is 2. The Kier molecular flexibility index (Phi) is 2.42. The lowest BCUT2D eigenvalue weighted by Gasteiger charge is -2.16. The second-order valence-electron chi connectivity index (χ2n) is 2.87. The van der Waals surface area contributed by atoms with Crippen LogP contribution in [0, 0.1) is 5.92 Å². The second-order valence-corrected chi connectivity index (χ2v) is 2.87. The molecule has 0 radical (unpaired) electrons. The molecule has 1 aromatic rings. The normalized spacial score (nSPS) is 17.6. The van der Waals surface area contributed by atoms with Crippen LogP contribution in [-0.2, 0) is 9.59 Å². The van der Waals surface area contributed by atoms with Crippen molar-refractivity contribution in [3.8, 4) is 0 Å². The van der Waals surface area contributed by atoms with Crippen LogP contribution < -0.4 is 10.6 Å². The number of urea groups is 1. The number of hydrogen-bond acceptors (Lipinski definition) is 6. The Morgan fingerprint density at radius 3 is 2.50 bits per heavy atom. The number of nitrogens with one attached hydrogen (secondary N) is 3. The number of carbonyl (C=O) groups is 3. The molecule has 1 aliphatic rings. The van der Waals surface area contributed by atoms with Gasteiger partial charge in [0.25, 0.3) is 0 Å². The molecule has 1 saturated heterocycles. The van der Waals surface area contributed by atoms with Crippen LogP contribution in [-0.4, -0.2) is 39.2 Å². The summed E-state index contributed by atoms with van der Waals surface area (Å²) in [5.74, 6) is -2.44. The second kappa shape index (κ2) is 3.88. The van der Waals surface area contributed by atoms with Gasteiger partial charge in [-0.3, -0.25) is 20.2 Å². The minimum Gasteiger partial charge on any atom is -0.277 e. The van der Waals surface area contributed by atoms with Crippen LogP contribution in [0.25, 0.3) is 0 Å². The van der Waals surface area contributed by atoms with Crippen LogP contribution in [0.1, 0.15) is 0 Å². The molecule has 3 N–H and O–H groups in total. The number of amides is 4. The highest BCUT2D eigenvalue weighted by Crippen LogP contribution is 2.03. The molecule has 0 aromatic carbocycles. The van der Waals surface area contributed by atoms with E-state index < -0.39 is 23.8 Å². The lowest BCUT2D eigenvalue weighted by molar-refractivity contribution is -0.132. The molecule has 0 bridgehead atoms. The maximum Gasteiger partial charge on any atom is 0.328 e. The van der Waals surface area contributed by atoms with Gasteiger partial charge >= 0.3 is 6.03 Å². The van der Waals surface area contributed by atoms with Gasteiger partial charge in [-0.15, -0.1) is 0 Å². The molecule has 1 aromatic heterocycles. The number of hydrogen-bond donors (Lipinski definition) is 3. The van der Waals surface area contributed by atoms with E-state index in [1.165, 1.54) is 6.33 Å². The van der Waals surface area contributed by atoms with Crippen LogP contribution in [0.2, 0.25) is 0 Å². The van der Waals surface area contributed by atoms with Crippen LogP contribution in [0.15, 0.2) is 11.3 Å². The smallest absolute Gasteiger partial charge is 0.277 e. The van der Waals surface area contributed by atoms with Gasteiger partial charge in [0.05, 0.1) is 0 Å². The van der Waals surface area contributed by atoms with Gasteiger partial charge < -0.3 is 0 Å². The average Bonchev–Trinajstić information content (AvgIpc) is 2.68. The van der Waals surface area contributed by atoms with Crippen LogP contribution in [0.3, 0.4) is 0 Å². The first-order valence-corrected chi connectivity index (χ1v) is 4.22. The minimum atomic E-state index is -1.15. The van der Waals surface area contributed by atoms with Gasteiger partial charge in [0, 0.05) is 6.21 Å². The molecule has 0 spiro atoms. The minimum absolute atomic E-state index is 0.164. The van der Waals surface area contributed by atoms with E-state index in [0.29, 0.717) is 0 Å². The third-order valence-corrected chi connectivity index (χ3v) is 1.79. The molecule has 0 atom stereocenters. The predicted octanol–water partition coefficient (Wildman–Crippen LogP) is -1.51. The van der Waals surface area contributed by atoms with Crippen molar-refractivity contribution in [2.45, 2.75) is 0 Å². The Balaban J connectivity index is 2.12. The highest BCUT2D eigenvalue weighted by atomic mass is 16.2. The van der Waals surface area contributed by atoms with Crippen molar-refractivity contribution in [2.24, 2.45) is 10.9 Å². The zero-order chi connectivity index (χ0) is 11.5. The number of nitrogens with zero attached hydrogens (tertiary/aromatic N) is 3. The van der Waals surface area contributed by atoms with Crippen molar-refractivity contribution >= 4 is 30.0 Å². The van der Waals surface area contributed by atoms with E-state index >= 15 is 0 Å². The first-order chi connectivity index (χ1) is 7.66. The van der Waals surface area contributed by atoms with Gasteiger partial charge in [-0.1, -0.05) is 0 Å². The largest absolute Gasteiger partial charge is 0.328 e. The Bertz CT molecular complexity index is 444.